The Morgan fingerprint density at radius 1 is 0.689 bits per heavy atom. The monoisotopic (exact) mass is 668 g/mol. The van der Waals surface area contributed by atoms with E-state index in [0.29, 0.717) is 35.5 Å². The molecule has 0 amide bonds. The van der Waals surface area contributed by atoms with Gasteiger partial charge in [0.2, 0.25) is 0 Å². The van der Waals surface area contributed by atoms with Gasteiger partial charge >= 0.3 is 33.2 Å². The third-order valence-electron chi connectivity index (χ3n) is 11.8. The molecular weight excluding hydrogens is 624 g/mol. The summed E-state index contributed by atoms with van der Waals surface area (Å²) in [6.07, 6.45) is 9.83. The molecule has 8 bridgehead atoms. The van der Waals surface area contributed by atoms with E-state index in [1.54, 1.807) is 6.92 Å². The number of carbonyl (C=O) groups excluding carboxylic acids is 2. The van der Waals surface area contributed by atoms with E-state index in [-0.39, 0.29) is 25.2 Å². The molecule has 8 rings (SSSR count). The van der Waals surface area contributed by atoms with E-state index in [2.05, 4.69) is 0 Å². The van der Waals surface area contributed by atoms with Crippen molar-refractivity contribution in [2.24, 2.45) is 51.8 Å². The third kappa shape index (κ3) is 6.38. The second-order valence-electron chi connectivity index (χ2n) is 15.9. The molecule has 1 N–H and O–H groups in total. The van der Waals surface area contributed by atoms with Gasteiger partial charge in [0, 0.05) is 6.42 Å². The van der Waals surface area contributed by atoms with E-state index in [4.69, 9.17) is 23.8 Å². The molecule has 45 heavy (non-hydrogen) atoms. The molecule has 0 saturated heterocycles. The molecule has 0 atom stereocenters. The van der Waals surface area contributed by atoms with Crippen LogP contribution in [0, 0.1) is 51.8 Å². The normalized spacial score (nSPS) is 38.3. The van der Waals surface area contributed by atoms with Crippen molar-refractivity contribution in [2.45, 2.75) is 102 Å². The number of halogens is 4. The lowest BCUT2D eigenvalue weighted by molar-refractivity contribution is -0.321. The maximum Gasteiger partial charge on any atom is 0.431 e. The fourth-order valence-electron chi connectivity index (χ4n) is 10.4. The molecule has 0 spiro atoms. The molecule has 8 aliphatic carbocycles. The summed E-state index contributed by atoms with van der Waals surface area (Å²) < 4.78 is 96.5. The maximum absolute atomic E-state index is 13.9. The van der Waals surface area contributed by atoms with Gasteiger partial charge in [-0.2, -0.15) is 26.0 Å². The number of esters is 2. The first-order chi connectivity index (χ1) is 20.9. The summed E-state index contributed by atoms with van der Waals surface area (Å²) in [5, 5.41) is -5.71. The predicted molar refractivity (Wildman–Crippen MR) is 149 cm³/mol. The maximum atomic E-state index is 13.9. The van der Waals surface area contributed by atoms with Crippen molar-refractivity contribution < 1.29 is 59.4 Å². The zero-order valence-electron chi connectivity index (χ0n) is 25.6. The lowest BCUT2D eigenvalue weighted by Crippen LogP contribution is -2.52. The number of hydrogen-bond donors (Lipinski definition) is 1. The number of rotatable bonds is 14. The van der Waals surface area contributed by atoms with E-state index >= 15 is 0 Å². The van der Waals surface area contributed by atoms with Crippen molar-refractivity contribution in [3.8, 4) is 0 Å². The molecule has 0 radical (unpaired) electrons. The molecule has 0 heterocycles. The second-order valence-corrected chi connectivity index (χ2v) is 17.4. The highest BCUT2D eigenvalue weighted by atomic mass is 32.2. The average molecular weight is 669 g/mol. The van der Waals surface area contributed by atoms with E-state index in [1.165, 1.54) is 0 Å². The number of hydrogen-bond acceptors (Lipinski definition) is 8. The van der Waals surface area contributed by atoms with Crippen LogP contribution in [0.2, 0.25) is 0 Å². The van der Waals surface area contributed by atoms with Crippen molar-refractivity contribution in [1.82, 2.24) is 0 Å². The summed E-state index contributed by atoms with van der Waals surface area (Å²) in [6, 6.07) is 0. The van der Waals surface area contributed by atoms with Gasteiger partial charge in [-0.15, -0.1) is 0 Å². The highest BCUT2D eigenvalue weighted by Crippen LogP contribution is 2.61. The van der Waals surface area contributed by atoms with Crippen molar-refractivity contribution in [1.29, 1.82) is 0 Å². The summed E-state index contributed by atoms with van der Waals surface area (Å²) in [5.41, 5.74) is -2.23. The summed E-state index contributed by atoms with van der Waals surface area (Å²) >= 11 is 0. The van der Waals surface area contributed by atoms with Gasteiger partial charge in [-0.3, -0.25) is 14.1 Å². The molecule has 0 aromatic carbocycles. The van der Waals surface area contributed by atoms with E-state index in [9.17, 15) is 35.6 Å². The Hall–Kier alpha value is -1.51. The summed E-state index contributed by atoms with van der Waals surface area (Å²) in [4.78, 5) is 36.9. The summed E-state index contributed by atoms with van der Waals surface area (Å²) in [7, 11) is -6.37. The molecule has 0 aromatic heterocycles. The zero-order chi connectivity index (χ0) is 32.5. The van der Waals surface area contributed by atoms with Crippen LogP contribution in [-0.2, 0) is 39.0 Å². The van der Waals surface area contributed by atoms with Crippen molar-refractivity contribution in [3.05, 3.63) is 0 Å². The Kier molecular flexibility index (Phi) is 8.59. The minimum absolute atomic E-state index is 0.206. The molecule has 0 aromatic rings. The van der Waals surface area contributed by atoms with E-state index < -0.39 is 57.2 Å². The van der Waals surface area contributed by atoms with Crippen LogP contribution < -0.4 is 0 Å². The lowest BCUT2D eigenvalue weighted by atomic mass is 9.49. The Labute approximate surface area is 261 Å². The molecule has 14 heteroatoms. The average Bonchev–Trinajstić information content (AvgIpc) is 2.92. The van der Waals surface area contributed by atoms with Crippen molar-refractivity contribution >= 4 is 22.1 Å². The number of carbonyl (C=O) groups is 2. The molecule has 0 unspecified atom stereocenters. The topological polar surface area (TPSA) is 125 Å². The minimum atomic E-state index is -6.37. The first-order valence-corrected chi connectivity index (χ1v) is 17.7. The van der Waals surface area contributed by atoms with Gasteiger partial charge in [0.1, 0.15) is 13.2 Å². The van der Waals surface area contributed by atoms with Crippen molar-refractivity contribution in [2.75, 3.05) is 26.4 Å². The van der Waals surface area contributed by atoms with E-state index in [1.807, 2.05) is 0 Å². The molecule has 8 fully saturated rings. The summed E-state index contributed by atoms with van der Waals surface area (Å²) in [6.45, 7) is -0.300. The number of alkyl halides is 4. The first kappa shape index (κ1) is 33.4. The van der Waals surface area contributed by atoms with Crippen LogP contribution in [0.3, 0.4) is 0 Å². The third-order valence-corrected chi connectivity index (χ3v) is 12.7. The fourth-order valence-corrected chi connectivity index (χ4v) is 10.9. The van der Waals surface area contributed by atoms with Gasteiger partial charge in [-0.1, -0.05) is 6.92 Å². The molecule has 8 aliphatic rings. The van der Waals surface area contributed by atoms with Gasteiger partial charge in [0.05, 0.1) is 29.5 Å². The predicted octanol–water partition coefficient (Wildman–Crippen LogP) is 5.97. The van der Waals surface area contributed by atoms with Crippen LogP contribution in [0.1, 0.15) is 90.4 Å². The fraction of sp³-hybridized carbons (Fsp3) is 0.935. The smallest absolute Gasteiger partial charge is 0.431 e. The SMILES string of the molecule is CC(COOCCC(F)(F)C(F)(F)S(=O)(=O)O)(COC(=O)C12CC3CC(CC(C3)C1)C2)COC(=O)C12CC3CC(CC(C3)C1)C2. The Morgan fingerprint density at radius 2 is 1.04 bits per heavy atom. The Morgan fingerprint density at radius 3 is 1.38 bits per heavy atom. The second kappa shape index (κ2) is 11.6. The Balaban J connectivity index is 1.07. The van der Waals surface area contributed by atoms with Crippen LogP contribution in [0.25, 0.3) is 0 Å². The van der Waals surface area contributed by atoms with Gasteiger partial charge in [0.25, 0.3) is 0 Å². The first-order valence-electron chi connectivity index (χ1n) is 16.2. The van der Waals surface area contributed by atoms with Gasteiger partial charge in [0.15, 0.2) is 0 Å². The van der Waals surface area contributed by atoms with Crippen LogP contribution in [0.5, 0.6) is 0 Å². The van der Waals surface area contributed by atoms with Crippen LogP contribution in [0.4, 0.5) is 17.6 Å². The van der Waals surface area contributed by atoms with Crippen LogP contribution in [0.15, 0.2) is 0 Å². The highest BCUT2D eigenvalue weighted by molar-refractivity contribution is 7.87. The zero-order valence-corrected chi connectivity index (χ0v) is 26.4. The highest BCUT2D eigenvalue weighted by Gasteiger charge is 2.65. The van der Waals surface area contributed by atoms with E-state index in [0.717, 1.165) is 77.0 Å². The molecule has 9 nitrogen and oxygen atoms in total. The lowest BCUT2D eigenvalue weighted by Gasteiger charge is -2.55. The minimum Gasteiger partial charge on any atom is -0.464 e. The Bertz CT molecular complexity index is 1140. The van der Waals surface area contributed by atoms with Gasteiger partial charge in [-0.05, 0) is 113 Å². The molecule has 256 valence electrons. The molecular formula is C31H44F4O9S. The number of ether oxygens (including phenoxy) is 2. The molecule has 8 saturated carbocycles. The summed E-state index contributed by atoms with van der Waals surface area (Å²) in [5.74, 6) is -2.65. The van der Waals surface area contributed by atoms with Crippen LogP contribution in [-0.4, -0.2) is 62.5 Å². The quantitative estimate of drug-likeness (QED) is 0.0596. The van der Waals surface area contributed by atoms with Crippen molar-refractivity contribution in [3.63, 3.8) is 0 Å². The van der Waals surface area contributed by atoms with Gasteiger partial charge < -0.3 is 9.47 Å². The van der Waals surface area contributed by atoms with Gasteiger partial charge in [-0.25, -0.2) is 9.78 Å². The molecule has 0 aliphatic heterocycles. The standard InChI is InChI=1S/C31H44F4O9S/c1-27(18-44-43-3-2-30(32,33)31(34,35)45(38,39)40,16-41-25(36)28-10-19-4-20(11-28)6-21(5-19)12-28)17-42-26(37)29-13-22-7-23(14-29)9-24(8-22)15-29/h19-24H,2-18H2,1H3,(H,38,39,40). The largest absolute Gasteiger partial charge is 0.464 e. The van der Waals surface area contributed by atoms with Crippen LogP contribution >= 0.6 is 0 Å².